The van der Waals surface area contributed by atoms with Crippen LogP contribution >= 0.6 is 0 Å². The summed E-state index contributed by atoms with van der Waals surface area (Å²) in [4.78, 5) is 9.60. The van der Waals surface area contributed by atoms with E-state index in [0.717, 1.165) is 95.4 Å². The predicted octanol–water partition coefficient (Wildman–Crippen LogP) is 17.9. The standard InChI is InChI=1S/C63H54F2N4O/c1-39(2)45-23-28-59-61(34-45)68(63-55(40(3)4)32-47(33-56(63)41(5)6)52-26-24-48(64)35-57(52)65)38-67(59)49-30-46(44-21-19-43(20-22-44)42-14-8-7-9-15-42)31-51(36-49)70-50-25-27-54-53-16-10-11-17-58(53)69(60(54)37-50)62-18-12-13-29-66-62/h7-37,39-41H,38H2,1-6H3. The molecule has 11 rings (SSSR count). The summed E-state index contributed by atoms with van der Waals surface area (Å²) >= 11 is 0. The summed E-state index contributed by atoms with van der Waals surface area (Å²) in [5, 5.41) is 2.27. The molecule has 0 N–H and O–H groups in total. The molecule has 0 radical (unpaired) electrons. The summed E-state index contributed by atoms with van der Waals surface area (Å²) in [7, 11) is 0. The molecule has 0 atom stereocenters. The van der Waals surface area contributed by atoms with E-state index in [1.165, 1.54) is 11.6 Å². The molecule has 2 aromatic heterocycles. The molecule has 0 fully saturated rings. The first kappa shape index (κ1) is 44.5. The lowest BCUT2D eigenvalue weighted by atomic mass is 9.87. The number of fused-ring (bicyclic) bond motifs is 4. The van der Waals surface area contributed by atoms with Gasteiger partial charge in [0, 0.05) is 52.1 Å². The molecular formula is C63H54F2N4O. The molecule has 0 aliphatic carbocycles. The third kappa shape index (κ3) is 8.15. The van der Waals surface area contributed by atoms with Gasteiger partial charge in [0.05, 0.1) is 22.4 Å². The van der Waals surface area contributed by atoms with Crippen LogP contribution in [0.4, 0.5) is 31.5 Å². The molecule has 0 bridgehead atoms. The van der Waals surface area contributed by atoms with Crippen molar-refractivity contribution < 1.29 is 13.5 Å². The van der Waals surface area contributed by atoms with Crippen LogP contribution in [0.1, 0.15) is 76.0 Å². The van der Waals surface area contributed by atoms with E-state index in [0.29, 0.717) is 29.6 Å². The zero-order valence-corrected chi connectivity index (χ0v) is 40.3. The van der Waals surface area contributed by atoms with Crippen LogP contribution < -0.4 is 14.5 Å². The number of pyridine rings is 1. The van der Waals surface area contributed by atoms with Gasteiger partial charge in [-0.05, 0) is 141 Å². The number of rotatable bonds is 11. The van der Waals surface area contributed by atoms with Gasteiger partial charge >= 0.3 is 0 Å². The number of nitrogens with zero attached hydrogens (tertiary/aromatic N) is 4. The van der Waals surface area contributed by atoms with Crippen molar-refractivity contribution in [2.24, 2.45) is 0 Å². The van der Waals surface area contributed by atoms with E-state index >= 15 is 4.39 Å². The highest BCUT2D eigenvalue weighted by molar-refractivity contribution is 6.09. The van der Waals surface area contributed by atoms with Crippen molar-refractivity contribution in [3.05, 3.63) is 217 Å². The van der Waals surface area contributed by atoms with Crippen LogP contribution in [-0.2, 0) is 0 Å². The maximum absolute atomic E-state index is 15.5. The highest BCUT2D eigenvalue weighted by atomic mass is 19.1. The van der Waals surface area contributed by atoms with E-state index in [4.69, 9.17) is 9.72 Å². The van der Waals surface area contributed by atoms with Gasteiger partial charge in [-0.25, -0.2) is 13.8 Å². The fraction of sp³-hybridized carbons (Fsp3) is 0.159. The summed E-state index contributed by atoms with van der Waals surface area (Å²) in [6.07, 6.45) is 1.83. The molecule has 1 aliphatic rings. The molecule has 8 aromatic carbocycles. The predicted molar refractivity (Wildman–Crippen MR) is 286 cm³/mol. The molecule has 346 valence electrons. The van der Waals surface area contributed by atoms with Crippen molar-refractivity contribution in [2.75, 3.05) is 16.5 Å². The van der Waals surface area contributed by atoms with E-state index in [1.807, 2.05) is 30.5 Å². The molecule has 0 unspecified atom stereocenters. The summed E-state index contributed by atoms with van der Waals surface area (Å²) in [5.41, 5.74) is 15.3. The minimum absolute atomic E-state index is 0.0950. The molecule has 1 aliphatic heterocycles. The Morgan fingerprint density at radius 2 is 1.17 bits per heavy atom. The largest absolute Gasteiger partial charge is 0.457 e. The van der Waals surface area contributed by atoms with Crippen molar-refractivity contribution in [1.29, 1.82) is 0 Å². The van der Waals surface area contributed by atoms with Crippen LogP contribution in [0.3, 0.4) is 0 Å². The molecule has 0 saturated heterocycles. The Bertz CT molecular complexity index is 3530. The molecule has 7 heteroatoms. The van der Waals surface area contributed by atoms with E-state index in [2.05, 4.69) is 195 Å². The van der Waals surface area contributed by atoms with E-state index in [1.54, 1.807) is 6.07 Å². The van der Waals surface area contributed by atoms with Crippen LogP contribution in [0.15, 0.2) is 188 Å². The van der Waals surface area contributed by atoms with Crippen LogP contribution in [-0.4, -0.2) is 16.2 Å². The first-order valence-corrected chi connectivity index (χ1v) is 24.2. The zero-order chi connectivity index (χ0) is 48.2. The third-order valence-electron chi connectivity index (χ3n) is 13.7. The minimum atomic E-state index is -0.590. The quantitative estimate of drug-likeness (QED) is 0.129. The smallest absolute Gasteiger partial charge is 0.137 e. The van der Waals surface area contributed by atoms with Crippen LogP contribution in [0.5, 0.6) is 11.5 Å². The van der Waals surface area contributed by atoms with Gasteiger partial charge in [0.25, 0.3) is 0 Å². The number of anilines is 4. The summed E-state index contributed by atoms with van der Waals surface area (Å²) in [6, 6.07) is 61.4. The Hall–Kier alpha value is -8.03. The zero-order valence-electron chi connectivity index (χ0n) is 40.3. The number of hydrogen-bond acceptors (Lipinski definition) is 4. The number of ether oxygens (including phenoxy) is 1. The highest BCUT2D eigenvalue weighted by Crippen LogP contribution is 2.51. The highest BCUT2D eigenvalue weighted by Gasteiger charge is 2.33. The van der Waals surface area contributed by atoms with Gasteiger partial charge in [-0.15, -0.1) is 0 Å². The second kappa shape index (κ2) is 18.1. The van der Waals surface area contributed by atoms with Crippen molar-refractivity contribution in [1.82, 2.24) is 9.55 Å². The van der Waals surface area contributed by atoms with Crippen molar-refractivity contribution in [3.8, 4) is 50.7 Å². The van der Waals surface area contributed by atoms with Crippen LogP contribution in [0.25, 0.3) is 61.0 Å². The van der Waals surface area contributed by atoms with Gasteiger partial charge in [0.15, 0.2) is 0 Å². The molecule has 5 nitrogen and oxygen atoms in total. The van der Waals surface area contributed by atoms with Gasteiger partial charge in [-0.1, -0.05) is 126 Å². The summed E-state index contributed by atoms with van der Waals surface area (Å²) < 4.78 is 38.9. The molecule has 0 saturated carbocycles. The summed E-state index contributed by atoms with van der Waals surface area (Å²) in [5.74, 6) is 1.58. The fourth-order valence-corrected chi connectivity index (χ4v) is 10.1. The van der Waals surface area contributed by atoms with Crippen LogP contribution in [0.2, 0.25) is 0 Å². The van der Waals surface area contributed by atoms with Gasteiger partial charge in [-0.2, -0.15) is 0 Å². The number of halogens is 2. The number of benzene rings is 8. The number of aromatic nitrogens is 2. The average molecular weight is 921 g/mol. The minimum Gasteiger partial charge on any atom is -0.457 e. The van der Waals surface area contributed by atoms with Crippen molar-refractivity contribution >= 4 is 44.6 Å². The van der Waals surface area contributed by atoms with Gasteiger partial charge in [-0.3, -0.25) is 4.57 Å². The monoisotopic (exact) mass is 920 g/mol. The number of para-hydroxylation sites is 1. The van der Waals surface area contributed by atoms with Crippen LogP contribution in [0, 0.1) is 11.6 Å². The van der Waals surface area contributed by atoms with Gasteiger partial charge in [0.1, 0.15) is 35.6 Å². The van der Waals surface area contributed by atoms with E-state index in [9.17, 15) is 4.39 Å². The Morgan fingerprint density at radius 3 is 1.87 bits per heavy atom. The Kier molecular flexibility index (Phi) is 11.5. The molecule has 10 aromatic rings. The topological polar surface area (TPSA) is 33.5 Å². The maximum Gasteiger partial charge on any atom is 0.137 e. The third-order valence-corrected chi connectivity index (χ3v) is 13.7. The van der Waals surface area contributed by atoms with Crippen molar-refractivity contribution in [3.63, 3.8) is 0 Å². The van der Waals surface area contributed by atoms with Gasteiger partial charge in [0.2, 0.25) is 0 Å². The number of hydrogen-bond donors (Lipinski definition) is 0. The molecule has 70 heavy (non-hydrogen) atoms. The maximum atomic E-state index is 15.5. The van der Waals surface area contributed by atoms with Crippen molar-refractivity contribution in [2.45, 2.75) is 59.3 Å². The SMILES string of the molecule is CC(C)c1ccc2c(c1)N(c1c(C(C)C)cc(-c3ccc(F)cc3F)cc1C(C)C)CN2c1cc(Oc2ccc3c4ccccc4n(-c4ccccn4)c3c2)cc(-c2ccc(-c3ccccc3)cc2)c1. The molecule has 3 heterocycles. The second-order valence-electron chi connectivity index (χ2n) is 19.3. The molecular weight excluding hydrogens is 867 g/mol. The Balaban J connectivity index is 1.07. The average Bonchev–Trinajstić information content (AvgIpc) is 3.92. The summed E-state index contributed by atoms with van der Waals surface area (Å²) in [6.45, 7) is 13.7. The Morgan fingerprint density at radius 1 is 0.486 bits per heavy atom. The fourth-order valence-electron chi connectivity index (χ4n) is 10.1. The lowest BCUT2D eigenvalue weighted by molar-refractivity contribution is 0.483. The second-order valence-corrected chi connectivity index (χ2v) is 19.3. The first-order valence-electron chi connectivity index (χ1n) is 24.2. The normalized spacial score (nSPS) is 12.6. The molecule has 0 amide bonds. The van der Waals surface area contributed by atoms with E-state index < -0.39 is 11.6 Å². The lowest BCUT2D eigenvalue weighted by Gasteiger charge is -2.30. The molecule has 0 spiro atoms. The first-order chi connectivity index (χ1) is 34.0. The van der Waals surface area contributed by atoms with Gasteiger partial charge < -0.3 is 14.5 Å². The lowest BCUT2D eigenvalue weighted by Crippen LogP contribution is -2.26. The Labute approximate surface area is 408 Å². The van der Waals surface area contributed by atoms with E-state index in [-0.39, 0.29) is 11.8 Å².